The maximum absolute atomic E-state index is 6.53. The molecule has 2 aliphatic heterocycles. The molecule has 4 rings (SSSR count). The van der Waals surface area contributed by atoms with Crippen LogP contribution in [-0.2, 0) is 6.54 Å². The number of hydrogen-bond acceptors (Lipinski definition) is 3. The number of nitrogens with zero attached hydrogens (tertiary/aromatic N) is 1. The summed E-state index contributed by atoms with van der Waals surface area (Å²) < 4.78 is 1.31. The molecule has 2 fully saturated rings. The molecule has 3 heterocycles. The van der Waals surface area contributed by atoms with Crippen LogP contribution in [0.5, 0.6) is 0 Å². The van der Waals surface area contributed by atoms with Crippen LogP contribution < -0.4 is 5.32 Å². The van der Waals surface area contributed by atoms with Gasteiger partial charge in [0, 0.05) is 34.6 Å². The van der Waals surface area contributed by atoms with Gasteiger partial charge in [0.25, 0.3) is 0 Å². The minimum absolute atomic E-state index is 0.855. The Morgan fingerprint density at radius 3 is 2.68 bits per heavy atom. The number of fused-ring (bicyclic) bond motifs is 2. The Morgan fingerprint density at radius 1 is 1.21 bits per heavy atom. The van der Waals surface area contributed by atoms with E-state index >= 15 is 0 Å². The summed E-state index contributed by atoms with van der Waals surface area (Å²) >= 11 is 8.38. The Morgan fingerprint density at radius 2 is 1.95 bits per heavy atom. The molecule has 0 radical (unpaired) electrons. The lowest BCUT2D eigenvalue weighted by atomic mass is 10.0. The first kappa shape index (κ1) is 12.2. The lowest BCUT2D eigenvalue weighted by Gasteiger charge is -2.15. The number of halogens is 1. The third-order valence-corrected chi connectivity index (χ3v) is 6.13. The highest BCUT2D eigenvalue weighted by Gasteiger charge is 2.36. The van der Waals surface area contributed by atoms with Crippen LogP contribution in [0.4, 0.5) is 0 Å². The zero-order valence-corrected chi connectivity index (χ0v) is 12.3. The van der Waals surface area contributed by atoms with Gasteiger partial charge in [-0.3, -0.25) is 4.90 Å². The van der Waals surface area contributed by atoms with Crippen LogP contribution in [0.1, 0.15) is 4.88 Å². The van der Waals surface area contributed by atoms with E-state index in [9.17, 15) is 0 Å². The van der Waals surface area contributed by atoms with Crippen molar-refractivity contribution in [3.8, 4) is 0 Å². The zero-order valence-electron chi connectivity index (χ0n) is 10.7. The van der Waals surface area contributed by atoms with E-state index in [0.717, 1.165) is 23.4 Å². The van der Waals surface area contributed by atoms with E-state index < -0.39 is 0 Å². The van der Waals surface area contributed by atoms with Crippen LogP contribution in [-0.4, -0.2) is 31.1 Å². The molecule has 1 aromatic carbocycles. The molecule has 0 spiro atoms. The molecule has 1 N–H and O–H groups in total. The lowest BCUT2D eigenvalue weighted by Crippen LogP contribution is -2.25. The number of likely N-dealkylation sites (tertiary alicyclic amines) is 1. The van der Waals surface area contributed by atoms with Crippen molar-refractivity contribution in [1.82, 2.24) is 10.2 Å². The molecule has 2 atom stereocenters. The normalized spacial score (nSPS) is 27.2. The summed E-state index contributed by atoms with van der Waals surface area (Å²) in [6.07, 6.45) is 0. The molecular weight excluding hydrogens is 276 g/mol. The van der Waals surface area contributed by atoms with E-state index in [-0.39, 0.29) is 0 Å². The number of thiophene rings is 1. The summed E-state index contributed by atoms with van der Waals surface area (Å²) in [5.41, 5.74) is 0. The second kappa shape index (κ2) is 4.74. The Labute approximate surface area is 122 Å². The molecule has 0 saturated carbocycles. The average Bonchev–Trinajstić information content (AvgIpc) is 3.05. The summed E-state index contributed by atoms with van der Waals surface area (Å²) in [6, 6.07) is 8.44. The van der Waals surface area contributed by atoms with Crippen molar-refractivity contribution >= 4 is 33.0 Å². The summed E-state index contributed by atoms with van der Waals surface area (Å²) in [4.78, 5) is 3.91. The van der Waals surface area contributed by atoms with Gasteiger partial charge in [-0.1, -0.05) is 29.8 Å². The fourth-order valence-corrected chi connectivity index (χ4v) is 4.99. The first-order valence-electron chi connectivity index (χ1n) is 6.90. The predicted molar refractivity (Wildman–Crippen MR) is 82.0 cm³/mol. The van der Waals surface area contributed by atoms with Gasteiger partial charge in [0.15, 0.2) is 0 Å². The Balaban J connectivity index is 1.57. The van der Waals surface area contributed by atoms with Gasteiger partial charge in [-0.05, 0) is 31.0 Å². The number of benzene rings is 1. The Bertz CT molecular complexity index is 597. The smallest absolute Gasteiger partial charge is 0.0637 e. The quantitative estimate of drug-likeness (QED) is 0.914. The Kier molecular flexibility index (Phi) is 3.03. The molecule has 2 aliphatic rings. The van der Waals surface area contributed by atoms with Gasteiger partial charge in [-0.25, -0.2) is 0 Å². The van der Waals surface area contributed by atoms with Crippen LogP contribution in [0, 0.1) is 11.8 Å². The Hall–Kier alpha value is -0.610. The average molecular weight is 293 g/mol. The molecular formula is C15H17ClN2S. The van der Waals surface area contributed by atoms with Crippen molar-refractivity contribution in [3.05, 3.63) is 34.2 Å². The SMILES string of the molecule is Clc1c(CN2C[C@H]3CNC[C@H]3C2)sc2ccccc12. The maximum Gasteiger partial charge on any atom is 0.0637 e. The third-order valence-electron chi connectivity index (χ3n) is 4.43. The monoisotopic (exact) mass is 292 g/mol. The van der Waals surface area contributed by atoms with Crippen molar-refractivity contribution in [1.29, 1.82) is 0 Å². The minimum Gasteiger partial charge on any atom is -0.316 e. The minimum atomic E-state index is 0.855. The summed E-state index contributed by atoms with van der Waals surface area (Å²) in [5, 5.41) is 5.67. The summed E-state index contributed by atoms with van der Waals surface area (Å²) in [6.45, 7) is 5.86. The van der Waals surface area contributed by atoms with E-state index in [1.807, 2.05) is 11.3 Å². The number of nitrogens with one attached hydrogen (secondary N) is 1. The highest BCUT2D eigenvalue weighted by atomic mass is 35.5. The van der Waals surface area contributed by atoms with Crippen LogP contribution in [0.15, 0.2) is 24.3 Å². The van der Waals surface area contributed by atoms with Crippen molar-refractivity contribution in [2.75, 3.05) is 26.2 Å². The van der Waals surface area contributed by atoms with Gasteiger partial charge in [-0.15, -0.1) is 11.3 Å². The first-order valence-corrected chi connectivity index (χ1v) is 8.09. The fraction of sp³-hybridized carbons (Fsp3) is 0.467. The highest BCUT2D eigenvalue weighted by molar-refractivity contribution is 7.19. The van der Waals surface area contributed by atoms with Crippen molar-refractivity contribution in [2.24, 2.45) is 11.8 Å². The van der Waals surface area contributed by atoms with E-state index in [2.05, 4.69) is 34.5 Å². The number of rotatable bonds is 2. The van der Waals surface area contributed by atoms with E-state index in [4.69, 9.17) is 11.6 Å². The van der Waals surface area contributed by atoms with E-state index in [1.54, 1.807) is 0 Å². The molecule has 4 heteroatoms. The summed E-state index contributed by atoms with van der Waals surface area (Å²) in [7, 11) is 0. The molecule has 100 valence electrons. The molecule has 19 heavy (non-hydrogen) atoms. The van der Waals surface area contributed by atoms with Crippen LogP contribution in [0.2, 0.25) is 5.02 Å². The second-order valence-electron chi connectivity index (χ2n) is 5.71. The molecule has 0 unspecified atom stereocenters. The molecule has 2 nitrogen and oxygen atoms in total. The standard InChI is InChI=1S/C15H17ClN2S/c16-15-12-3-1-2-4-13(12)19-14(15)9-18-7-10-5-17-6-11(10)8-18/h1-4,10-11,17H,5-9H2/t10-,11+. The van der Waals surface area contributed by atoms with Gasteiger partial charge in [0.2, 0.25) is 0 Å². The van der Waals surface area contributed by atoms with Gasteiger partial charge in [0.1, 0.15) is 0 Å². The van der Waals surface area contributed by atoms with Gasteiger partial charge in [-0.2, -0.15) is 0 Å². The predicted octanol–water partition coefficient (Wildman–Crippen LogP) is 3.21. The molecule has 0 bridgehead atoms. The van der Waals surface area contributed by atoms with Crippen molar-refractivity contribution < 1.29 is 0 Å². The zero-order chi connectivity index (χ0) is 12.8. The topological polar surface area (TPSA) is 15.3 Å². The molecule has 0 aliphatic carbocycles. The molecule has 0 amide bonds. The van der Waals surface area contributed by atoms with Gasteiger partial charge in [0.05, 0.1) is 5.02 Å². The van der Waals surface area contributed by atoms with Crippen LogP contribution in [0.25, 0.3) is 10.1 Å². The molecule has 2 aromatic rings. The van der Waals surface area contributed by atoms with Gasteiger partial charge < -0.3 is 5.32 Å². The van der Waals surface area contributed by atoms with Crippen LogP contribution >= 0.6 is 22.9 Å². The van der Waals surface area contributed by atoms with Gasteiger partial charge >= 0.3 is 0 Å². The largest absolute Gasteiger partial charge is 0.316 e. The highest BCUT2D eigenvalue weighted by Crippen LogP contribution is 2.37. The molecule has 2 saturated heterocycles. The van der Waals surface area contributed by atoms with E-state index in [1.165, 1.54) is 41.1 Å². The van der Waals surface area contributed by atoms with E-state index in [0.29, 0.717) is 0 Å². The van der Waals surface area contributed by atoms with Crippen molar-refractivity contribution in [2.45, 2.75) is 6.54 Å². The second-order valence-corrected chi connectivity index (χ2v) is 7.22. The first-order chi connectivity index (χ1) is 9.31. The summed E-state index contributed by atoms with van der Waals surface area (Å²) in [5.74, 6) is 1.71. The fourth-order valence-electron chi connectivity index (χ4n) is 3.45. The van der Waals surface area contributed by atoms with Crippen LogP contribution in [0.3, 0.4) is 0 Å². The maximum atomic E-state index is 6.53. The van der Waals surface area contributed by atoms with Crippen molar-refractivity contribution in [3.63, 3.8) is 0 Å². The third kappa shape index (κ3) is 2.09. The number of hydrogen-bond donors (Lipinski definition) is 1. The molecule has 1 aromatic heterocycles. The lowest BCUT2D eigenvalue weighted by molar-refractivity contribution is 0.308.